The fraction of sp³-hybridized carbons (Fsp3) is 0.500. The molecule has 2 amide bonds. The maximum Gasteiger partial charge on any atom is 0.320 e. The van der Waals surface area contributed by atoms with E-state index in [0.717, 1.165) is 38.4 Å². The number of aromatic nitrogens is 3. The molecule has 0 saturated carbocycles. The lowest BCUT2D eigenvalue weighted by molar-refractivity contribution is 0.252. The fourth-order valence-electron chi connectivity index (χ4n) is 2.71. The van der Waals surface area contributed by atoms with Crippen molar-refractivity contribution in [1.82, 2.24) is 25.2 Å². The van der Waals surface area contributed by atoms with Crippen LogP contribution in [0.4, 0.5) is 16.4 Å². The van der Waals surface area contributed by atoms with E-state index >= 15 is 0 Å². The van der Waals surface area contributed by atoms with Gasteiger partial charge >= 0.3 is 6.03 Å². The standard InChI is InChI=1S/C16H23N7O/c1-3-17-16(24)20-13-6-5-12-15(19-13)21-14(11-18-12)23-8-4-7-22(2)9-10-23/h5-6,11H,3-4,7-10H2,1-2H3,(H2,17,19,20,21,24). The van der Waals surface area contributed by atoms with Gasteiger partial charge in [0.2, 0.25) is 0 Å². The number of nitrogens with zero attached hydrogens (tertiary/aromatic N) is 5. The summed E-state index contributed by atoms with van der Waals surface area (Å²) in [6, 6.07) is 3.27. The number of rotatable bonds is 3. The zero-order chi connectivity index (χ0) is 16.9. The van der Waals surface area contributed by atoms with E-state index in [1.165, 1.54) is 0 Å². The molecule has 1 aliphatic heterocycles. The van der Waals surface area contributed by atoms with Crippen LogP contribution in [0.2, 0.25) is 0 Å². The number of carbonyl (C=O) groups is 1. The van der Waals surface area contributed by atoms with Crippen molar-refractivity contribution in [3.63, 3.8) is 0 Å². The van der Waals surface area contributed by atoms with Gasteiger partial charge < -0.3 is 15.1 Å². The number of likely N-dealkylation sites (N-methyl/N-ethyl adjacent to an activating group) is 1. The normalized spacial score (nSPS) is 16.0. The van der Waals surface area contributed by atoms with Gasteiger partial charge in [-0.15, -0.1) is 0 Å². The summed E-state index contributed by atoms with van der Waals surface area (Å²) in [7, 11) is 2.14. The van der Waals surface area contributed by atoms with Gasteiger partial charge in [0.15, 0.2) is 5.65 Å². The highest BCUT2D eigenvalue weighted by Gasteiger charge is 2.15. The molecule has 0 aliphatic carbocycles. The van der Waals surface area contributed by atoms with E-state index in [9.17, 15) is 4.79 Å². The summed E-state index contributed by atoms with van der Waals surface area (Å²) in [5.41, 5.74) is 1.26. The van der Waals surface area contributed by atoms with E-state index in [4.69, 9.17) is 0 Å². The van der Waals surface area contributed by atoms with Gasteiger partial charge in [0.25, 0.3) is 0 Å². The van der Waals surface area contributed by atoms with E-state index < -0.39 is 0 Å². The van der Waals surface area contributed by atoms with Crippen molar-refractivity contribution in [1.29, 1.82) is 0 Å². The SMILES string of the molecule is CCNC(=O)Nc1ccc2ncc(N3CCCN(C)CC3)nc2n1. The maximum absolute atomic E-state index is 11.6. The summed E-state index contributed by atoms with van der Waals surface area (Å²) in [6.07, 6.45) is 2.90. The van der Waals surface area contributed by atoms with Gasteiger partial charge in [-0.3, -0.25) is 5.32 Å². The molecule has 1 aliphatic rings. The smallest absolute Gasteiger partial charge is 0.320 e. The molecular weight excluding hydrogens is 306 g/mol. The molecule has 1 fully saturated rings. The van der Waals surface area contributed by atoms with E-state index in [0.29, 0.717) is 23.5 Å². The Bertz CT molecular complexity index is 721. The number of hydrogen-bond donors (Lipinski definition) is 2. The second-order valence-corrected chi connectivity index (χ2v) is 5.90. The molecule has 0 radical (unpaired) electrons. The number of nitrogens with one attached hydrogen (secondary N) is 2. The number of anilines is 2. The summed E-state index contributed by atoms with van der Waals surface area (Å²) in [5.74, 6) is 1.30. The average Bonchev–Trinajstić information content (AvgIpc) is 2.79. The Kier molecular flexibility index (Phi) is 5.05. The Labute approximate surface area is 141 Å². The summed E-state index contributed by atoms with van der Waals surface area (Å²) < 4.78 is 0. The first-order valence-electron chi connectivity index (χ1n) is 8.28. The molecular formula is C16H23N7O. The first-order valence-corrected chi connectivity index (χ1v) is 8.28. The Hall–Kier alpha value is -2.48. The topological polar surface area (TPSA) is 86.3 Å². The fourth-order valence-corrected chi connectivity index (χ4v) is 2.71. The van der Waals surface area contributed by atoms with E-state index in [1.54, 1.807) is 12.3 Å². The van der Waals surface area contributed by atoms with E-state index in [2.05, 4.69) is 42.4 Å². The van der Waals surface area contributed by atoms with Crippen LogP contribution in [0.3, 0.4) is 0 Å². The van der Waals surface area contributed by atoms with Gasteiger partial charge in [-0.2, -0.15) is 0 Å². The minimum absolute atomic E-state index is 0.274. The highest BCUT2D eigenvalue weighted by Crippen LogP contribution is 2.17. The molecule has 0 atom stereocenters. The Morgan fingerprint density at radius 3 is 2.92 bits per heavy atom. The highest BCUT2D eigenvalue weighted by atomic mass is 16.2. The zero-order valence-electron chi connectivity index (χ0n) is 14.1. The van der Waals surface area contributed by atoms with Crippen LogP contribution >= 0.6 is 0 Å². The number of fused-ring (bicyclic) bond motifs is 1. The van der Waals surface area contributed by atoms with Crippen LogP contribution in [-0.2, 0) is 0 Å². The third kappa shape index (κ3) is 3.88. The molecule has 128 valence electrons. The van der Waals surface area contributed by atoms with Crippen molar-refractivity contribution >= 4 is 28.8 Å². The minimum atomic E-state index is -0.274. The molecule has 0 unspecified atom stereocenters. The van der Waals surface area contributed by atoms with Gasteiger partial charge in [0.1, 0.15) is 17.2 Å². The molecule has 2 aromatic heterocycles. The maximum atomic E-state index is 11.6. The lowest BCUT2D eigenvalue weighted by Crippen LogP contribution is -2.29. The molecule has 8 heteroatoms. The molecule has 0 bridgehead atoms. The van der Waals surface area contributed by atoms with Gasteiger partial charge in [-0.1, -0.05) is 0 Å². The molecule has 2 aromatic rings. The van der Waals surface area contributed by atoms with Gasteiger partial charge in [-0.05, 0) is 39.1 Å². The first-order chi connectivity index (χ1) is 11.7. The van der Waals surface area contributed by atoms with Crippen molar-refractivity contribution in [2.45, 2.75) is 13.3 Å². The highest BCUT2D eigenvalue weighted by molar-refractivity contribution is 5.89. The summed E-state index contributed by atoms with van der Waals surface area (Å²) in [6.45, 7) is 6.41. The quantitative estimate of drug-likeness (QED) is 0.883. The van der Waals surface area contributed by atoms with E-state index in [1.807, 2.05) is 13.0 Å². The summed E-state index contributed by atoms with van der Waals surface area (Å²) >= 11 is 0. The third-order valence-corrected chi connectivity index (χ3v) is 4.02. The Morgan fingerprint density at radius 2 is 2.08 bits per heavy atom. The van der Waals surface area contributed by atoms with Crippen molar-refractivity contribution < 1.29 is 4.79 Å². The van der Waals surface area contributed by atoms with Crippen molar-refractivity contribution in [3.8, 4) is 0 Å². The predicted molar refractivity (Wildman–Crippen MR) is 94.4 cm³/mol. The largest absolute Gasteiger partial charge is 0.354 e. The number of hydrogen-bond acceptors (Lipinski definition) is 6. The minimum Gasteiger partial charge on any atom is -0.354 e. The molecule has 8 nitrogen and oxygen atoms in total. The second kappa shape index (κ2) is 7.39. The van der Waals surface area contributed by atoms with Crippen molar-refractivity contribution in [2.75, 3.05) is 50.0 Å². The number of amides is 2. The lowest BCUT2D eigenvalue weighted by Gasteiger charge is -2.21. The molecule has 0 aromatic carbocycles. The molecule has 3 heterocycles. The number of urea groups is 1. The Balaban J connectivity index is 1.82. The molecule has 1 saturated heterocycles. The predicted octanol–water partition coefficient (Wildman–Crippen LogP) is 1.31. The molecule has 0 spiro atoms. The van der Waals surface area contributed by atoms with Gasteiger partial charge in [-0.25, -0.2) is 19.7 Å². The van der Waals surface area contributed by atoms with Crippen LogP contribution in [0.25, 0.3) is 11.2 Å². The monoisotopic (exact) mass is 329 g/mol. The number of pyridine rings is 1. The molecule has 2 N–H and O–H groups in total. The van der Waals surface area contributed by atoms with Gasteiger partial charge in [0.05, 0.1) is 6.20 Å². The van der Waals surface area contributed by atoms with Crippen LogP contribution in [0.5, 0.6) is 0 Å². The van der Waals surface area contributed by atoms with Crippen LogP contribution in [0, 0.1) is 0 Å². The van der Waals surface area contributed by atoms with Crippen LogP contribution in [-0.4, -0.2) is 65.7 Å². The van der Waals surface area contributed by atoms with E-state index in [-0.39, 0.29) is 6.03 Å². The first kappa shape index (κ1) is 16.4. The summed E-state index contributed by atoms with van der Waals surface area (Å²) in [5, 5.41) is 5.38. The molecule has 3 rings (SSSR count). The van der Waals surface area contributed by atoms with Gasteiger partial charge in [0, 0.05) is 26.2 Å². The summed E-state index contributed by atoms with van der Waals surface area (Å²) in [4.78, 5) is 29.7. The zero-order valence-corrected chi connectivity index (χ0v) is 14.1. The lowest BCUT2D eigenvalue weighted by atomic mass is 10.3. The van der Waals surface area contributed by atoms with Crippen molar-refractivity contribution in [2.24, 2.45) is 0 Å². The third-order valence-electron chi connectivity index (χ3n) is 4.02. The van der Waals surface area contributed by atoms with Crippen LogP contribution in [0.1, 0.15) is 13.3 Å². The Morgan fingerprint density at radius 1 is 1.21 bits per heavy atom. The van der Waals surface area contributed by atoms with Crippen LogP contribution in [0.15, 0.2) is 18.3 Å². The van der Waals surface area contributed by atoms with Crippen LogP contribution < -0.4 is 15.5 Å². The number of carbonyl (C=O) groups excluding carboxylic acids is 1. The second-order valence-electron chi connectivity index (χ2n) is 5.90. The average molecular weight is 329 g/mol. The molecule has 24 heavy (non-hydrogen) atoms. The van der Waals surface area contributed by atoms with Crippen molar-refractivity contribution in [3.05, 3.63) is 18.3 Å².